The van der Waals surface area contributed by atoms with Crippen LogP contribution in [0.1, 0.15) is 37.3 Å². The number of nitrogens with one attached hydrogen (secondary N) is 2. The molecule has 0 spiro atoms. The Bertz CT molecular complexity index is 813. The van der Waals surface area contributed by atoms with Gasteiger partial charge in [-0.25, -0.2) is 9.98 Å². The summed E-state index contributed by atoms with van der Waals surface area (Å²) in [5, 5.41) is 6.77. The molecule has 0 amide bonds. The Morgan fingerprint density at radius 1 is 1.17 bits per heavy atom. The van der Waals surface area contributed by atoms with Crippen LogP contribution in [0, 0.1) is 0 Å². The van der Waals surface area contributed by atoms with Crippen molar-refractivity contribution in [2.45, 2.75) is 45.3 Å². The third-order valence-electron chi connectivity index (χ3n) is 5.46. The minimum Gasteiger partial charge on any atom is -0.488 e. The van der Waals surface area contributed by atoms with Gasteiger partial charge in [0.25, 0.3) is 0 Å². The summed E-state index contributed by atoms with van der Waals surface area (Å²) in [5.74, 6) is 2.90. The molecule has 1 fully saturated rings. The van der Waals surface area contributed by atoms with Gasteiger partial charge in [0.1, 0.15) is 17.7 Å². The van der Waals surface area contributed by atoms with Crippen LogP contribution in [-0.2, 0) is 13.0 Å². The van der Waals surface area contributed by atoms with Gasteiger partial charge in [-0.05, 0) is 55.5 Å². The number of halogens is 1. The van der Waals surface area contributed by atoms with Crippen LogP contribution in [0.5, 0.6) is 5.75 Å². The van der Waals surface area contributed by atoms with E-state index >= 15 is 0 Å². The van der Waals surface area contributed by atoms with E-state index in [1.165, 1.54) is 30.4 Å². The predicted molar refractivity (Wildman–Crippen MR) is 133 cm³/mol. The maximum atomic E-state index is 6.02. The number of para-hydroxylation sites is 1. The van der Waals surface area contributed by atoms with Crippen LogP contribution in [0.2, 0.25) is 0 Å². The number of anilines is 1. The molecule has 1 saturated heterocycles. The van der Waals surface area contributed by atoms with E-state index in [2.05, 4.69) is 51.7 Å². The molecule has 1 unspecified atom stereocenters. The highest BCUT2D eigenvalue weighted by Gasteiger charge is 2.22. The monoisotopic (exact) mass is 521 g/mol. The fourth-order valence-electron chi connectivity index (χ4n) is 3.95. The number of pyridine rings is 1. The normalized spacial score (nSPS) is 18.2. The molecule has 1 atom stereocenters. The van der Waals surface area contributed by atoms with Gasteiger partial charge in [0.15, 0.2) is 5.96 Å². The molecule has 0 aliphatic carbocycles. The Morgan fingerprint density at radius 2 is 2.00 bits per heavy atom. The lowest BCUT2D eigenvalue weighted by molar-refractivity contribution is 0.235. The smallest absolute Gasteiger partial charge is 0.191 e. The zero-order chi connectivity index (χ0) is 19.9. The molecule has 0 radical (unpaired) electrons. The second-order valence-corrected chi connectivity index (χ2v) is 7.70. The molecule has 2 aliphatic rings. The highest BCUT2D eigenvalue weighted by Crippen LogP contribution is 2.27. The number of benzene rings is 1. The average Bonchev–Trinajstić information content (AvgIpc) is 3.19. The van der Waals surface area contributed by atoms with Crippen molar-refractivity contribution in [3.8, 4) is 5.75 Å². The second-order valence-electron chi connectivity index (χ2n) is 7.70. The van der Waals surface area contributed by atoms with Crippen molar-refractivity contribution in [1.82, 2.24) is 15.6 Å². The van der Waals surface area contributed by atoms with Gasteiger partial charge in [0.05, 0.1) is 13.1 Å². The van der Waals surface area contributed by atoms with Crippen LogP contribution in [0.4, 0.5) is 5.82 Å². The van der Waals surface area contributed by atoms with Gasteiger partial charge in [-0.1, -0.05) is 18.2 Å². The zero-order valence-corrected chi connectivity index (χ0v) is 20.0. The quantitative estimate of drug-likeness (QED) is 0.345. The molecule has 4 rings (SSSR count). The SMILES string of the molecule is CCNC(=NCc1ccnc(N2CCCCC2)c1)NCC1Cc2ccccc2O1.I. The number of aromatic nitrogens is 1. The van der Waals surface area contributed by atoms with E-state index in [0.717, 1.165) is 50.1 Å². The van der Waals surface area contributed by atoms with Crippen LogP contribution >= 0.6 is 24.0 Å². The fraction of sp³-hybridized carbons (Fsp3) is 0.478. The second kappa shape index (κ2) is 11.4. The summed E-state index contributed by atoms with van der Waals surface area (Å²) in [6, 6.07) is 12.5. The third kappa shape index (κ3) is 6.00. The predicted octanol–water partition coefficient (Wildman–Crippen LogP) is 3.75. The summed E-state index contributed by atoms with van der Waals surface area (Å²) >= 11 is 0. The molecular formula is C23H32IN5O. The lowest BCUT2D eigenvalue weighted by Crippen LogP contribution is -2.42. The van der Waals surface area contributed by atoms with Crippen molar-refractivity contribution in [2.24, 2.45) is 4.99 Å². The molecule has 2 aliphatic heterocycles. The van der Waals surface area contributed by atoms with Crippen molar-refractivity contribution in [3.05, 3.63) is 53.7 Å². The molecule has 30 heavy (non-hydrogen) atoms. The zero-order valence-electron chi connectivity index (χ0n) is 17.6. The highest BCUT2D eigenvalue weighted by atomic mass is 127. The molecular weight excluding hydrogens is 489 g/mol. The number of rotatable bonds is 6. The third-order valence-corrected chi connectivity index (χ3v) is 5.46. The first kappa shape index (κ1) is 22.7. The lowest BCUT2D eigenvalue weighted by Gasteiger charge is -2.27. The van der Waals surface area contributed by atoms with Crippen molar-refractivity contribution < 1.29 is 4.74 Å². The first-order valence-corrected chi connectivity index (χ1v) is 10.8. The summed E-state index contributed by atoms with van der Waals surface area (Å²) in [4.78, 5) is 11.7. The Labute approximate surface area is 196 Å². The van der Waals surface area contributed by atoms with E-state index in [-0.39, 0.29) is 30.1 Å². The van der Waals surface area contributed by atoms with E-state index in [9.17, 15) is 0 Å². The van der Waals surface area contributed by atoms with Crippen LogP contribution in [0.15, 0.2) is 47.6 Å². The largest absolute Gasteiger partial charge is 0.488 e. The molecule has 1 aromatic heterocycles. The Morgan fingerprint density at radius 3 is 2.80 bits per heavy atom. The van der Waals surface area contributed by atoms with Crippen LogP contribution < -0.4 is 20.3 Å². The van der Waals surface area contributed by atoms with Gasteiger partial charge in [0.2, 0.25) is 0 Å². The van der Waals surface area contributed by atoms with Crippen molar-refractivity contribution >= 4 is 35.8 Å². The lowest BCUT2D eigenvalue weighted by atomic mass is 10.1. The number of nitrogens with zero attached hydrogens (tertiary/aromatic N) is 3. The Balaban J connectivity index is 0.00000256. The minimum absolute atomic E-state index is 0. The first-order valence-electron chi connectivity index (χ1n) is 10.8. The van der Waals surface area contributed by atoms with E-state index in [4.69, 9.17) is 9.73 Å². The molecule has 6 nitrogen and oxygen atoms in total. The van der Waals surface area contributed by atoms with Crippen molar-refractivity contribution in [3.63, 3.8) is 0 Å². The molecule has 162 valence electrons. The Kier molecular flexibility index (Phi) is 8.60. The molecule has 0 bridgehead atoms. The first-order chi connectivity index (χ1) is 14.3. The minimum atomic E-state index is 0. The number of piperidine rings is 1. The molecule has 3 heterocycles. The number of aliphatic imine (C=N–C) groups is 1. The van der Waals surface area contributed by atoms with Crippen molar-refractivity contribution in [1.29, 1.82) is 0 Å². The topological polar surface area (TPSA) is 61.8 Å². The molecule has 0 saturated carbocycles. The Hall–Kier alpha value is -2.03. The standard InChI is InChI=1S/C23H31N5O.HI/c1-2-24-23(27-17-20-15-19-8-4-5-9-21(19)29-20)26-16-18-10-11-25-22(14-18)28-12-6-3-7-13-28;/h4-5,8-11,14,20H,2-3,6-7,12-13,15-17H2,1H3,(H2,24,26,27);1H. The average molecular weight is 521 g/mol. The van der Waals surface area contributed by atoms with E-state index in [1.54, 1.807) is 0 Å². The van der Waals surface area contributed by atoms with Gasteiger partial charge in [-0.3, -0.25) is 0 Å². The molecule has 2 aromatic rings. The van der Waals surface area contributed by atoms with Gasteiger partial charge in [-0.2, -0.15) is 0 Å². The number of fused-ring (bicyclic) bond motifs is 1. The summed E-state index contributed by atoms with van der Waals surface area (Å²) < 4.78 is 6.02. The number of hydrogen-bond donors (Lipinski definition) is 2. The van der Waals surface area contributed by atoms with Gasteiger partial charge in [-0.15, -0.1) is 24.0 Å². The molecule has 7 heteroatoms. The summed E-state index contributed by atoms with van der Waals surface area (Å²) in [6.45, 7) is 6.48. The van der Waals surface area contributed by atoms with Gasteiger partial charge >= 0.3 is 0 Å². The van der Waals surface area contributed by atoms with E-state index < -0.39 is 0 Å². The summed E-state index contributed by atoms with van der Waals surface area (Å²) in [5.41, 5.74) is 2.46. The highest BCUT2D eigenvalue weighted by molar-refractivity contribution is 14.0. The number of hydrogen-bond acceptors (Lipinski definition) is 4. The van der Waals surface area contributed by atoms with Gasteiger partial charge in [0, 0.05) is 32.3 Å². The van der Waals surface area contributed by atoms with Crippen LogP contribution in [0.3, 0.4) is 0 Å². The summed E-state index contributed by atoms with van der Waals surface area (Å²) in [6.07, 6.45) is 6.82. The van der Waals surface area contributed by atoms with E-state index in [0.29, 0.717) is 6.54 Å². The number of guanidine groups is 1. The molecule has 1 aromatic carbocycles. The van der Waals surface area contributed by atoms with E-state index in [1.807, 2.05) is 18.3 Å². The molecule has 2 N–H and O–H groups in total. The summed E-state index contributed by atoms with van der Waals surface area (Å²) in [7, 11) is 0. The maximum Gasteiger partial charge on any atom is 0.191 e. The maximum absolute atomic E-state index is 6.02. The van der Waals surface area contributed by atoms with Crippen molar-refractivity contribution in [2.75, 3.05) is 31.1 Å². The van der Waals surface area contributed by atoms with Gasteiger partial charge < -0.3 is 20.3 Å². The number of ether oxygens (including phenoxy) is 1. The van der Waals surface area contributed by atoms with Crippen LogP contribution in [-0.4, -0.2) is 43.2 Å². The van der Waals surface area contributed by atoms with Crippen LogP contribution in [0.25, 0.3) is 0 Å². The fourth-order valence-corrected chi connectivity index (χ4v) is 3.95.